The van der Waals surface area contributed by atoms with Gasteiger partial charge in [-0.1, -0.05) is 6.92 Å². The fourth-order valence-electron chi connectivity index (χ4n) is 0.779. The lowest BCUT2D eigenvalue weighted by atomic mass is 10.1. The lowest BCUT2D eigenvalue weighted by Gasteiger charge is -2.16. The molecule has 0 spiro atoms. The highest BCUT2D eigenvalue weighted by atomic mass is 16.3. The molecule has 10 heavy (non-hydrogen) atoms. The van der Waals surface area contributed by atoms with Crippen molar-refractivity contribution in [3.8, 4) is 0 Å². The molecule has 3 atom stereocenters. The van der Waals surface area contributed by atoms with Crippen LogP contribution >= 0.6 is 0 Å². The predicted molar refractivity (Wildman–Crippen MR) is 38.6 cm³/mol. The van der Waals surface area contributed by atoms with Crippen molar-refractivity contribution in [1.29, 1.82) is 0 Å². The number of hydrogen-bond acceptors (Lipinski definition) is 3. The van der Waals surface area contributed by atoms with E-state index in [1.54, 1.807) is 13.8 Å². The molecule has 3 nitrogen and oxygen atoms in total. The maximum atomic E-state index is 9.08. The molecule has 0 aliphatic carbocycles. The Morgan fingerprint density at radius 3 is 1.90 bits per heavy atom. The number of aliphatic hydroxyl groups excluding tert-OH is 3. The van der Waals surface area contributed by atoms with Crippen LogP contribution in [0.3, 0.4) is 0 Å². The van der Waals surface area contributed by atoms with Crippen molar-refractivity contribution in [2.24, 2.45) is 0 Å². The van der Waals surface area contributed by atoms with E-state index in [4.69, 9.17) is 15.3 Å². The van der Waals surface area contributed by atoms with Crippen molar-refractivity contribution in [3.05, 3.63) is 0 Å². The standard InChI is InChI=1S/C7H16O3/c1-3-6(9)7(10)4-5(2)8/h5-10H,3-4H2,1-2H3/t5-,6+,7-/m0/s1. The van der Waals surface area contributed by atoms with Gasteiger partial charge in [-0.15, -0.1) is 0 Å². The number of hydrogen-bond donors (Lipinski definition) is 3. The molecule has 0 amide bonds. The maximum Gasteiger partial charge on any atom is 0.0823 e. The van der Waals surface area contributed by atoms with Crippen molar-refractivity contribution < 1.29 is 15.3 Å². The molecular formula is C7H16O3. The van der Waals surface area contributed by atoms with E-state index in [0.717, 1.165) is 0 Å². The Morgan fingerprint density at radius 2 is 1.60 bits per heavy atom. The quantitative estimate of drug-likeness (QED) is 0.521. The van der Waals surface area contributed by atoms with Crippen LogP contribution in [0.15, 0.2) is 0 Å². The summed E-state index contributed by atoms with van der Waals surface area (Å²) in [6.07, 6.45) is -1.26. The van der Waals surface area contributed by atoms with Crippen LogP contribution in [-0.2, 0) is 0 Å². The molecule has 3 N–H and O–H groups in total. The summed E-state index contributed by atoms with van der Waals surface area (Å²) in [6, 6.07) is 0. The molecule has 0 unspecified atom stereocenters. The molecule has 0 bridgehead atoms. The van der Waals surface area contributed by atoms with Crippen LogP contribution in [-0.4, -0.2) is 33.6 Å². The predicted octanol–water partition coefficient (Wildman–Crippen LogP) is -0.111. The highest BCUT2D eigenvalue weighted by Crippen LogP contribution is 2.05. The Balaban J connectivity index is 3.50. The molecular weight excluding hydrogens is 132 g/mol. The lowest BCUT2D eigenvalue weighted by molar-refractivity contribution is -0.00991. The summed E-state index contributed by atoms with van der Waals surface area (Å²) in [5.41, 5.74) is 0. The first-order valence-corrected chi connectivity index (χ1v) is 3.62. The average molecular weight is 148 g/mol. The van der Waals surface area contributed by atoms with Gasteiger partial charge in [0.1, 0.15) is 0 Å². The zero-order chi connectivity index (χ0) is 8.15. The van der Waals surface area contributed by atoms with Crippen molar-refractivity contribution in [2.45, 2.75) is 45.0 Å². The van der Waals surface area contributed by atoms with Crippen molar-refractivity contribution in [1.82, 2.24) is 0 Å². The van der Waals surface area contributed by atoms with Crippen LogP contribution in [0.25, 0.3) is 0 Å². The second-order valence-electron chi connectivity index (χ2n) is 2.63. The molecule has 0 saturated carbocycles. The molecule has 0 heterocycles. The van der Waals surface area contributed by atoms with Crippen LogP contribution in [0.5, 0.6) is 0 Å². The van der Waals surface area contributed by atoms with E-state index in [9.17, 15) is 0 Å². The summed E-state index contributed by atoms with van der Waals surface area (Å²) >= 11 is 0. The SMILES string of the molecule is CC[C@@H](O)[C@@H](O)C[C@H](C)O. The normalized spacial score (nSPS) is 20.1. The third-order valence-corrected chi connectivity index (χ3v) is 1.45. The van der Waals surface area contributed by atoms with E-state index < -0.39 is 18.3 Å². The summed E-state index contributed by atoms with van der Waals surface area (Å²) in [5.74, 6) is 0. The van der Waals surface area contributed by atoms with Gasteiger partial charge in [0.25, 0.3) is 0 Å². The molecule has 0 saturated heterocycles. The van der Waals surface area contributed by atoms with E-state index >= 15 is 0 Å². The van der Waals surface area contributed by atoms with Gasteiger partial charge >= 0.3 is 0 Å². The summed E-state index contributed by atoms with van der Waals surface area (Å²) < 4.78 is 0. The first-order valence-electron chi connectivity index (χ1n) is 3.62. The van der Waals surface area contributed by atoms with Crippen LogP contribution in [0.2, 0.25) is 0 Å². The van der Waals surface area contributed by atoms with Gasteiger partial charge < -0.3 is 15.3 Å². The minimum atomic E-state index is -0.787. The molecule has 3 heteroatoms. The molecule has 0 radical (unpaired) electrons. The molecule has 62 valence electrons. The summed E-state index contributed by atoms with van der Waals surface area (Å²) in [5, 5.41) is 26.9. The van der Waals surface area contributed by atoms with Gasteiger partial charge in [-0.3, -0.25) is 0 Å². The fraction of sp³-hybridized carbons (Fsp3) is 1.00. The first kappa shape index (κ1) is 9.88. The third-order valence-electron chi connectivity index (χ3n) is 1.45. The van der Waals surface area contributed by atoms with Gasteiger partial charge in [0, 0.05) is 6.42 Å². The van der Waals surface area contributed by atoms with Crippen LogP contribution in [0.1, 0.15) is 26.7 Å². The van der Waals surface area contributed by atoms with Gasteiger partial charge in [-0.05, 0) is 13.3 Å². The second kappa shape index (κ2) is 4.66. The van der Waals surface area contributed by atoms with Gasteiger partial charge in [0.15, 0.2) is 0 Å². The second-order valence-corrected chi connectivity index (χ2v) is 2.63. The summed E-state index contributed by atoms with van der Waals surface area (Å²) in [4.78, 5) is 0. The third kappa shape index (κ3) is 3.82. The molecule has 0 aliphatic heterocycles. The van der Waals surface area contributed by atoms with Gasteiger partial charge in [-0.2, -0.15) is 0 Å². The molecule has 0 aromatic rings. The van der Waals surface area contributed by atoms with E-state index in [2.05, 4.69) is 0 Å². The summed E-state index contributed by atoms with van der Waals surface area (Å²) in [6.45, 7) is 3.38. The van der Waals surface area contributed by atoms with E-state index in [1.807, 2.05) is 0 Å². The smallest absolute Gasteiger partial charge is 0.0823 e. The summed E-state index contributed by atoms with van der Waals surface area (Å²) in [7, 11) is 0. The first-order chi connectivity index (χ1) is 4.57. The number of rotatable bonds is 4. The maximum absolute atomic E-state index is 9.08. The zero-order valence-electron chi connectivity index (χ0n) is 6.49. The number of aliphatic hydroxyl groups is 3. The Morgan fingerprint density at radius 1 is 1.10 bits per heavy atom. The monoisotopic (exact) mass is 148 g/mol. The van der Waals surface area contributed by atoms with Gasteiger partial charge in [0.2, 0.25) is 0 Å². The zero-order valence-corrected chi connectivity index (χ0v) is 6.49. The van der Waals surface area contributed by atoms with Gasteiger partial charge in [-0.25, -0.2) is 0 Å². The molecule has 0 fully saturated rings. The minimum Gasteiger partial charge on any atom is -0.393 e. The van der Waals surface area contributed by atoms with Crippen molar-refractivity contribution in [2.75, 3.05) is 0 Å². The molecule has 0 aliphatic rings. The largest absolute Gasteiger partial charge is 0.393 e. The topological polar surface area (TPSA) is 60.7 Å². The molecule has 0 aromatic carbocycles. The molecule has 0 rings (SSSR count). The molecule has 0 aromatic heterocycles. The van der Waals surface area contributed by atoms with Crippen molar-refractivity contribution in [3.63, 3.8) is 0 Å². The van der Waals surface area contributed by atoms with Crippen molar-refractivity contribution >= 4 is 0 Å². The Kier molecular flexibility index (Phi) is 4.60. The van der Waals surface area contributed by atoms with Crippen LogP contribution in [0, 0.1) is 0 Å². The Labute approximate surface area is 61.3 Å². The van der Waals surface area contributed by atoms with Crippen LogP contribution in [0.4, 0.5) is 0 Å². The highest BCUT2D eigenvalue weighted by molar-refractivity contribution is 4.67. The fourth-order valence-corrected chi connectivity index (χ4v) is 0.779. The highest BCUT2D eigenvalue weighted by Gasteiger charge is 2.15. The minimum absolute atomic E-state index is 0.245. The lowest BCUT2D eigenvalue weighted by Crippen LogP contribution is -2.28. The Bertz CT molecular complexity index is 82.9. The van der Waals surface area contributed by atoms with E-state index in [-0.39, 0.29) is 6.42 Å². The van der Waals surface area contributed by atoms with Gasteiger partial charge in [0.05, 0.1) is 18.3 Å². The van der Waals surface area contributed by atoms with E-state index in [1.165, 1.54) is 0 Å². The van der Waals surface area contributed by atoms with E-state index in [0.29, 0.717) is 6.42 Å². The average Bonchev–Trinajstić information content (AvgIpc) is 1.85. The van der Waals surface area contributed by atoms with Crippen LogP contribution < -0.4 is 0 Å². The Hall–Kier alpha value is -0.120.